The number of hydrogen-bond donors (Lipinski definition) is 1. The lowest BCUT2D eigenvalue weighted by atomic mass is 10.0. The number of ether oxygens (including phenoxy) is 2. The molecule has 1 aromatic carbocycles. The van der Waals surface area contributed by atoms with E-state index in [4.69, 9.17) is 14.6 Å². The Morgan fingerprint density at radius 3 is 2.63 bits per heavy atom. The highest BCUT2D eigenvalue weighted by atomic mass is 79.9. The third-order valence-electron chi connectivity index (χ3n) is 4.08. The zero-order chi connectivity index (χ0) is 20.1. The number of ketones is 1. The van der Waals surface area contributed by atoms with Crippen molar-refractivity contribution in [1.82, 2.24) is 0 Å². The monoisotopic (exact) mass is 460 g/mol. The van der Waals surface area contributed by atoms with Gasteiger partial charge in [0, 0.05) is 27.4 Å². The van der Waals surface area contributed by atoms with Gasteiger partial charge in [0.25, 0.3) is 0 Å². The Kier molecular flexibility index (Phi) is 7.61. The fourth-order valence-corrected chi connectivity index (χ4v) is 3.89. The quantitative estimate of drug-likeness (QED) is 0.296. The number of rotatable bonds is 10. The topological polar surface area (TPSA) is 72.8 Å². The number of methoxy groups -OCH3 is 1. The van der Waals surface area contributed by atoms with Gasteiger partial charge in [0.2, 0.25) is 0 Å². The summed E-state index contributed by atoms with van der Waals surface area (Å²) in [4.78, 5) is 23.9. The molecule has 2 rings (SSSR count). The summed E-state index contributed by atoms with van der Waals surface area (Å²) in [7, 11) is 1.43. The molecule has 0 aliphatic heterocycles. The first-order chi connectivity index (χ1) is 12.7. The largest absolute Gasteiger partial charge is 0.493 e. The minimum atomic E-state index is -1.04. The van der Waals surface area contributed by atoms with Crippen LogP contribution in [0.4, 0.5) is 4.39 Å². The summed E-state index contributed by atoms with van der Waals surface area (Å²) < 4.78 is 26.4. The van der Waals surface area contributed by atoms with Crippen molar-refractivity contribution < 1.29 is 28.6 Å². The summed E-state index contributed by atoms with van der Waals surface area (Å²) in [6, 6.07) is 3.10. The molecule has 8 heteroatoms. The van der Waals surface area contributed by atoms with E-state index in [0.717, 1.165) is 24.2 Å². The van der Waals surface area contributed by atoms with Gasteiger partial charge in [-0.3, -0.25) is 9.59 Å². The number of halogens is 2. The highest BCUT2D eigenvalue weighted by molar-refractivity contribution is 9.09. The molecule has 0 spiro atoms. The molecule has 1 aromatic heterocycles. The number of fused-ring (bicyclic) bond motifs is 1. The second-order valence-electron chi connectivity index (χ2n) is 6.38. The van der Waals surface area contributed by atoms with Gasteiger partial charge < -0.3 is 14.6 Å². The first-order valence-corrected chi connectivity index (χ1v) is 10.3. The number of hydrogen-bond acceptors (Lipinski definition) is 5. The minimum Gasteiger partial charge on any atom is -0.493 e. The molecule has 1 N–H and O–H groups in total. The number of aliphatic carboxylic acids is 1. The molecule has 2 unspecified atom stereocenters. The van der Waals surface area contributed by atoms with Crippen molar-refractivity contribution >= 4 is 49.1 Å². The number of carboxylic acids is 1. The number of benzene rings is 1. The van der Waals surface area contributed by atoms with Crippen LogP contribution in [0.15, 0.2) is 12.1 Å². The number of alkyl halides is 1. The summed E-state index contributed by atoms with van der Waals surface area (Å²) in [5, 5.41) is 9.23. The number of carbonyl (C=O) groups excluding carboxylic acids is 1. The van der Waals surface area contributed by atoms with E-state index in [9.17, 15) is 14.0 Å². The zero-order valence-electron chi connectivity index (χ0n) is 15.4. The van der Waals surface area contributed by atoms with Gasteiger partial charge in [-0.1, -0.05) is 29.8 Å². The molecule has 0 radical (unpaired) electrons. The summed E-state index contributed by atoms with van der Waals surface area (Å²) in [6.07, 6.45) is 1.52. The van der Waals surface area contributed by atoms with E-state index in [0.29, 0.717) is 21.0 Å². The molecule has 0 amide bonds. The lowest BCUT2D eigenvalue weighted by molar-refractivity contribution is -0.141. The number of carboxylic acid groups (broad SMARTS) is 1. The zero-order valence-corrected chi connectivity index (χ0v) is 17.8. The van der Waals surface area contributed by atoms with E-state index in [-0.39, 0.29) is 29.1 Å². The molecule has 0 saturated carbocycles. The van der Waals surface area contributed by atoms with E-state index >= 15 is 0 Å². The second kappa shape index (κ2) is 9.50. The van der Waals surface area contributed by atoms with Crippen molar-refractivity contribution in [2.45, 2.75) is 37.9 Å². The lowest BCUT2D eigenvalue weighted by Crippen LogP contribution is -2.13. The summed E-state index contributed by atoms with van der Waals surface area (Å²) >= 11 is 4.58. The smallest absolute Gasteiger partial charge is 0.306 e. The Bertz CT molecular complexity index is 833. The van der Waals surface area contributed by atoms with Gasteiger partial charge in [-0.25, -0.2) is 4.39 Å². The molecule has 2 atom stereocenters. The van der Waals surface area contributed by atoms with Crippen molar-refractivity contribution in [3.63, 3.8) is 0 Å². The first kappa shape index (κ1) is 21.6. The molecule has 148 valence electrons. The van der Waals surface area contributed by atoms with Crippen LogP contribution >= 0.6 is 27.3 Å². The van der Waals surface area contributed by atoms with Gasteiger partial charge in [-0.2, -0.15) is 0 Å². The van der Waals surface area contributed by atoms with Gasteiger partial charge in [-0.15, -0.1) is 11.3 Å². The predicted molar refractivity (Wildman–Crippen MR) is 107 cm³/mol. The molecule has 5 nitrogen and oxygen atoms in total. The predicted octanol–water partition coefficient (Wildman–Crippen LogP) is 5.28. The van der Waals surface area contributed by atoms with Crippen LogP contribution in [0.2, 0.25) is 0 Å². The third kappa shape index (κ3) is 5.42. The van der Waals surface area contributed by atoms with E-state index in [2.05, 4.69) is 15.9 Å². The average molecular weight is 461 g/mol. The molecule has 0 aliphatic rings. The minimum absolute atomic E-state index is 0.0305. The molecule has 0 bridgehead atoms. The van der Waals surface area contributed by atoms with Gasteiger partial charge >= 0.3 is 5.97 Å². The maximum Gasteiger partial charge on any atom is 0.306 e. The normalized spacial score (nSPS) is 13.4. The molecule has 27 heavy (non-hydrogen) atoms. The molecule has 0 saturated heterocycles. The lowest BCUT2D eigenvalue weighted by Gasteiger charge is -2.12. The van der Waals surface area contributed by atoms with Crippen molar-refractivity contribution in [1.29, 1.82) is 0 Å². The average Bonchev–Trinajstić information content (AvgIpc) is 3.04. The molecule has 0 aliphatic carbocycles. The summed E-state index contributed by atoms with van der Waals surface area (Å²) in [5.41, 5.74) is 0. The van der Waals surface area contributed by atoms with Crippen LogP contribution in [0.25, 0.3) is 10.1 Å². The number of thiophene rings is 1. The Morgan fingerprint density at radius 2 is 2.04 bits per heavy atom. The van der Waals surface area contributed by atoms with Crippen LogP contribution in [-0.4, -0.2) is 35.4 Å². The Balaban J connectivity index is 2.28. The van der Waals surface area contributed by atoms with Crippen molar-refractivity contribution in [3.05, 3.63) is 22.8 Å². The van der Waals surface area contributed by atoms with Crippen molar-refractivity contribution in [3.8, 4) is 11.5 Å². The SMILES string of the molecule is COc1cc2sc(C(=O)CC(C)C(=O)O)cc2c(F)c1OCCCC(C)Br. The molecule has 0 fully saturated rings. The Hall–Kier alpha value is -1.67. The highest BCUT2D eigenvalue weighted by Crippen LogP contribution is 2.40. The van der Waals surface area contributed by atoms with E-state index in [1.54, 1.807) is 6.07 Å². The van der Waals surface area contributed by atoms with E-state index in [1.807, 2.05) is 6.92 Å². The fraction of sp³-hybridized carbons (Fsp3) is 0.474. The Morgan fingerprint density at radius 1 is 1.33 bits per heavy atom. The summed E-state index contributed by atoms with van der Waals surface area (Å²) in [6.45, 7) is 3.85. The van der Waals surface area contributed by atoms with Gasteiger partial charge in [-0.05, 0) is 18.9 Å². The highest BCUT2D eigenvalue weighted by Gasteiger charge is 2.22. The maximum atomic E-state index is 15.0. The fourth-order valence-electron chi connectivity index (χ4n) is 2.53. The third-order valence-corrected chi connectivity index (χ3v) is 5.66. The van der Waals surface area contributed by atoms with Crippen LogP contribution in [0.5, 0.6) is 11.5 Å². The van der Waals surface area contributed by atoms with Gasteiger partial charge in [0.1, 0.15) is 0 Å². The second-order valence-corrected chi connectivity index (χ2v) is 9.03. The van der Waals surface area contributed by atoms with Gasteiger partial charge in [0.05, 0.1) is 24.5 Å². The van der Waals surface area contributed by atoms with E-state index in [1.165, 1.54) is 20.1 Å². The van der Waals surface area contributed by atoms with Crippen LogP contribution in [-0.2, 0) is 4.79 Å². The molecule has 1 heterocycles. The van der Waals surface area contributed by atoms with Crippen molar-refractivity contribution in [2.24, 2.45) is 5.92 Å². The van der Waals surface area contributed by atoms with E-state index < -0.39 is 17.7 Å². The standard InChI is InChI=1S/C19H22BrFO5S/c1-10(19(23)24)7-13(22)16-8-12-15(27-16)9-14(25-3)18(17(12)21)26-6-4-5-11(2)20/h8-11H,4-7H2,1-3H3,(H,23,24). The van der Waals surface area contributed by atoms with Crippen LogP contribution in [0, 0.1) is 11.7 Å². The molecular weight excluding hydrogens is 439 g/mol. The maximum absolute atomic E-state index is 15.0. The van der Waals surface area contributed by atoms with Crippen molar-refractivity contribution in [2.75, 3.05) is 13.7 Å². The summed E-state index contributed by atoms with van der Waals surface area (Å²) in [5.74, 6) is -2.42. The van der Waals surface area contributed by atoms with Crippen LogP contribution in [0.1, 0.15) is 42.8 Å². The molecular formula is C19H22BrFO5S. The number of Topliss-reactive ketones (excluding diaryl/α,β-unsaturated/α-hetero) is 1. The van der Waals surface area contributed by atoms with Crippen LogP contribution < -0.4 is 9.47 Å². The number of carbonyl (C=O) groups is 2. The van der Waals surface area contributed by atoms with Gasteiger partial charge in [0.15, 0.2) is 23.1 Å². The first-order valence-electron chi connectivity index (χ1n) is 8.57. The Labute approximate surface area is 169 Å². The molecule has 2 aromatic rings. The van der Waals surface area contributed by atoms with Crippen LogP contribution in [0.3, 0.4) is 0 Å².